The van der Waals surface area contributed by atoms with Gasteiger partial charge in [0.2, 0.25) is 5.82 Å². The fourth-order valence-corrected chi connectivity index (χ4v) is 3.64. The Morgan fingerprint density at radius 1 is 0.875 bits per heavy atom. The highest BCUT2D eigenvalue weighted by atomic mass is 79.9. The summed E-state index contributed by atoms with van der Waals surface area (Å²) in [6, 6.07) is 1.84. The number of hydrogen-bond acceptors (Lipinski definition) is 2. The number of halogens is 7. The number of sulfonamides is 1. The summed E-state index contributed by atoms with van der Waals surface area (Å²) in [7, 11) is -5.23. The van der Waals surface area contributed by atoms with Crippen molar-refractivity contribution in [2.75, 3.05) is 4.72 Å². The van der Waals surface area contributed by atoms with Gasteiger partial charge >= 0.3 is 0 Å². The minimum absolute atomic E-state index is 0.00570. The first-order chi connectivity index (χ1) is 11.0. The number of aryl methyl sites for hydroxylation is 1. The second kappa shape index (κ2) is 6.28. The molecule has 0 atom stereocenters. The smallest absolute Gasteiger partial charge is 0.268 e. The van der Waals surface area contributed by atoms with Gasteiger partial charge in [-0.25, -0.2) is 34.8 Å². The number of rotatable bonds is 3. The van der Waals surface area contributed by atoms with Crippen LogP contribution in [0.15, 0.2) is 21.5 Å². The minimum Gasteiger partial charge on any atom is -0.278 e. The lowest BCUT2D eigenvalue weighted by molar-refractivity contribution is 0.358. The van der Waals surface area contributed by atoms with E-state index in [4.69, 9.17) is 0 Å². The topological polar surface area (TPSA) is 46.2 Å². The summed E-state index contributed by atoms with van der Waals surface area (Å²) in [5.74, 6) is -13.2. The van der Waals surface area contributed by atoms with Crippen LogP contribution in [0.4, 0.5) is 32.0 Å². The molecule has 0 heterocycles. The Hall–Kier alpha value is -1.75. The van der Waals surface area contributed by atoms with Crippen molar-refractivity contribution in [3.05, 3.63) is 57.1 Å². The van der Waals surface area contributed by atoms with E-state index in [1.165, 1.54) is 6.92 Å². The molecule has 0 aliphatic heterocycles. The molecule has 0 fully saturated rings. The average Bonchev–Trinajstić information content (AvgIpc) is 2.48. The Morgan fingerprint density at radius 2 is 1.33 bits per heavy atom. The lowest BCUT2D eigenvalue weighted by Crippen LogP contribution is -2.20. The standard InChI is InChI=1S/C13H6BrF6NO2S/c1-4-2-5(14)7(3-6(4)15)21-24(22,23)13-11(19)9(17)8(16)10(18)12(13)20/h2-3,21H,1H3. The molecule has 0 saturated heterocycles. The molecule has 1 N–H and O–H groups in total. The first-order valence-electron chi connectivity index (χ1n) is 5.97. The summed E-state index contributed by atoms with van der Waals surface area (Å²) in [6.07, 6.45) is 0. The molecule has 0 aliphatic carbocycles. The van der Waals surface area contributed by atoms with Crippen molar-refractivity contribution in [1.82, 2.24) is 0 Å². The van der Waals surface area contributed by atoms with Crippen molar-refractivity contribution in [3.8, 4) is 0 Å². The Balaban J connectivity index is 2.64. The lowest BCUT2D eigenvalue weighted by Gasteiger charge is -2.13. The van der Waals surface area contributed by atoms with E-state index in [0.29, 0.717) is 6.07 Å². The van der Waals surface area contributed by atoms with Gasteiger partial charge in [-0.05, 0) is 40.5 Å². The van der Waals surface area contributed by atoms with Crippen molar-refractivity contribution < 1.29 is 34.8 Å². The van der Waals surface area contributed by atoms with Crippen molar-refractivity contribution in [1.29, 1.82) is 0 Å². The van der Waals surface area contributed by atoms with Crippen LogP contribution in [-0.2, 0) is 10.0 Å². The zero-order valence-corrected chi connectivity index (χ0v) is 13.9. The zero-order chi connectivity index (χ0) is 18.4. The monoisotopic (exact) mass is 433 g/mol. The molecule has 0 unspecified atom stereocenters. The van der Waals surface area contributed by atoms with Gasteiger partial charge in [-0.15, -0.1) is 0 Å². The summed E-state index contributed by atoms with van der Waals surface area (Å²) >= 11 is 2.89. The largest absolute Gasteiger partial charge is 0.278 e. The van der Waals surface area contributed by atoms with E-state index in [9.17, 15) is 34.8 Å². The molecule has 2 aromatic carbocycles. The molecular weight excluding hydrogens is 428 g/mol. The molecule has 2 aromatic rings. The molecule has 130 valence electrons. The SMILES string of the molecule is Cc1cc(Br)c(NS(=O)(=O)c2c(F)c(F)c(F)c(F)c2F)cc1F. The van der Waals surface area contributed by atoms with E-state index in [1.54, 1.807) is 4.72 Å². The fourth-order valence-electron chi connectivity index (χ4n) is 1.74. The predicted molar refractivity (Wildman–Crippen MR) is 75.9 cm³/mol. The maximum Gasteiger partial charge on any atom is 0.268 e. The first kappa shape index (κ1) is 18.6. The van der Waals surface area contributed by atoms with Crippen molar-refractivity contribution in [2.45, 2.75) is 11.8 Å². The molecule has 0 aliphatic rings. The van der Waals surface area contributed by atoms with Crippen LogP contribution in [0, 0.1) is 41.8 Å². The molecule has 24 heavy (non-hydrogen) atoms. The van der Waals surface area contributed by atoms with Gasteiger partial charge in [-0.2, -0.15) is 0 Å². The van der Waals surface area contributed by atoms with Gasteiger partial charge < -0.3 is 0 Å². The van der Waals surface area contributed by atoms with Gasteiger partial charge in [0, 0.05) is 4.47 Å². The van der Waals surface area contributed by atoms with E-state index in [0.717, 1.165) is 6.07 Å². The quantitative estimate of drug-likeness (QED) is 0.443. The number of benzene rings is 2. The minimum atomic E-state index is -5.23. The first-order valence-corrected chi connectivity index (χ1v) is 8.25. The molecule has 3 nitrogen and oxygen atoms in total. The van der Waals surface area contributed by atoms with Gasteiger partial charge in [0.25, 0.3) is 10.0 Å². The Bertz CT molecular complexity index is 919. The normalized spacial score (nSPS) is 11.7. The number of nitrogens with one attached hydrogen (secondary N) is 1. The van der Waals surface area contributed by atoms with Gasteiger partial charge in [-0.1, -0.05) is 0 Å². The van der Waals surface area contributed by atoms with E-state index in [1.807, 2.05) is 0 Å². The van der Waals surface area contributed by atoms with Crippen LogP contribution in [0.5, 0.6) is 0 Å². The van der Waals surface area contributed by atoms with Crippen LogP contribution in [0.2, 0.25) is 0 Å². The van der Waals surface area contributed by atoms with Crippen LogP contribution in [0.3, 0.4) is 0 Å². The van der Waals surface area contributed by atoms with E-state index in [-0.39, 0.29) is 10.0 Å². The molecule has 0 amide bonds. The third-order valence-electron chi connectivity index (χ3n) is 2.93. The Labute approximate surface area is 140 Å². The summed E-state index contributed by atoms with van der Waals surface area (Å²) < 4.78 is 106. The van der Waals surface area contributed by atoms with Gasteiger partial charge in [-0.3, -0.25) is 4.72 Å². The van der Waals surface area contributed by atoms with Crippen LogP contribution in [0.1, 0.15) is 5.56 Å². The maximum absolute atomic E-state index is 13.6. The van der Waals surface area contributed by atoms with Crippen molar-refractivity contribution in [2.24, 2.45) is 0 Å². The number of hydrogen-bond donors (Lipinski definition) is 1. The maximum atomic E-state index is 13.6. The fraction of sp³-hybridized carbons (Fsp3) is 0.0769. The Kier molecular flexibility index (Phi) is 4.86. The highest BCUT2D eigenvalue weighted by Gasteiger charge is 2.34. The summed E-state index contributed by atoms with van der Waals surface area (Å²) in [6.45, 7) is 1.36. The lowest BCUT2D eigenvalue weighted by atomic mass is 10.2. The van der Waals surface area contributed by atoms with Crippen LogP contribution < -0.4 is 4.72 Å². The van der Waals surface area contributed by atoms with E-state index < -0.39 is 55.5 Å². The van der Waals surface area contributed by atoms with Crippen LogP contribution in [-0.4, -0.2) is 8.42 Å². The van der Waals surface area contributed by atoms with Gasteiger partial charge in [0.05, 0.1) is 5.69 Å². The number of anilines is 1. The molecular formula is C13H6BrF6NO2S. The van der Waals surface area contributed by atoms with Crippen molar-refractivity contribution >= 4 is 31.6 Å². The van der Waals surface area contributed by atoms with E-state index in [2.05, 4.69) is 15.9 Å². The summed E-state index contributed by atoms with van der Waals surface area (Å²) in [4.78, 5) is -2.06. The molecule has 0 aromatic heterocycles. The third-order valence-corrected chi connectivity index (χ3v) is 4.97. The molecule has 0 saturated carbocycles. The van der Waals surface area contributed by atoms with E-state index >= 15 is 0 Å². The average molecular weight is 434 g/mol. The van der Waals surface area contributed by atoms with Gasteiger partial charge in [0.15, 0.2) is 28.2 Å². The van der Waals surface area contributed by atoms with Crippen molar-refractivity contribution in [3.63, 3.8) is 0 Å². The highest BCUT2D eigenvalue weighted by molar-refractivity contribution is 9.10. The molecule has 0 radical (unpaired) electrons. The highest BCUT2D eigenvalue weighted by Crippen LogP contribution is 2.31. The molecule has 0 spiro atoms. The predicted octanol–water partition coefficient (Wildman–Crippen LogP) is 4.39. The molecule has 0 bridgehead atoms. The molecule has 2 rings (SSSR count). The van der Waals surface area contributed by atoms with Crippen LogP contribution >= 0.6 is 15.9 Å². The van der Waals surface area contributed by atoms with Crippen LogP contribution in [0.25, 0.3) is 0 Å². The second-order valence-electron chi connectivity index (χ2n) is 4.59. The molecule has 11 heteroatoms. The zero-order valence-electron chi connectivity index (χ0n) is 11.5. The Morgan fingerprint density at radius 3 is 1.83 bits per heavy atom. The third kappa shape index (κ3) is 3.09. The summed E-state index contributed by atoms with van der Waals surface area (Å²) in [5.41, 5.74) is -0.358. The summed E-state index contributed by atoms with van der Waals surface area (Å²) in [5, 5.41) is 0. The van der Waals surface area contributed by atoms with Gasteiger partial charge in [0.1, 0.15) is 5.82 Å². The second-order valence-corrected chi connectivity index (χ2v) is 7.06.